The normalized spacial score (nSPS) is 18.5. The molecule has 0 saturated heterocycles. The Kier molecular flexibility index (Phi) is 5.21. The van der Waals surface area contributed by atoms with E-state index < -0.39 is 0 Å². The van der Waals surface area contributed by atoms with Gasteiger partial charge >= 0.3 is 5.97 Å². The fraction of sp³-hybridized carbons (Fsp3) is 0.409. The smallest absolute Gasteiger partial charge is 0.338 e. The van der Waals surface area contributed by atoms with Gasteiger partial charge in [-0.15, -0.1) is 0 Å². The summed E-state index contributed by atoms with van der Waals surface area (Å²) in [5, 5.41) is 8.69. The minimum atomic E-state index is -0.317. The third kappa shape index (κ3) is 3.85. The van der Waals surface area contributed by atoms with E-state index in [1.807, 2.05) is 6.07 Å². The van der Waals surface area contributed by atoms with E-state index in [0.717, 1.165) is 5.69 Å². The summed E-state index contributed by atoms with van der Waals surface area (Å²) in [6.07, 6.45) is 2.42. The maximum atomic E-state index is 11.7. The Morgan fingerprint density at radius 2 is 1.77 bits per heavy atom. The van der Waals surface area contributed by atoms with Crippen LogP contribution < -0.4 is 0 Å². The number of carbonyl (C=O) groups excluding carboxylic acids is 1. The van der Waals surface area contributed by atoms with E-state index in [1.54, 1.807) is 31.2 Å². The summed E-state index contributed by atoms with van der Waals surface area (Å²) in [4.78, 5) is 11.7. The lowest BCUT2D eigenvalue weighted by Gasteiger charge is -2.36. The number of rotatable bonds is 4. The molecule has 3 rings (SSSR count). The lowest BCUT2D eigenvalue weighted by atomic mass is 9.69. The second-order valence-electron chi connectivity index (χ2n) is 7.56. The number of benzene rings is 2. The second kappa shape index (κ2) is 7.40. The second-order valence-corrected chi connectivity index (χ2v) is 7.56. The molecule has 0 aliphatic heterocycles. The van der Waals surface area contributed by atoms with Gasteiger partial charge in [0.2, 0.25) is 0 Å². The summed E-state index contributed by atoms with van der Waals surface area (Å²) in [5.41, 5.74) is 5.13. The molecule has 136 valence electrons. The Bertz CT molecular complexity index is 823. The van der Waals surface area contributed by atoms with Gasteiger partial charge in [-0.05, 0) is 78.6 Å². The molecule has 4 heteroatoms. The average molecular weight is 350 g/mol. The largest absolute Gasteiger partial charge is 0.462 e. The van der Waals surface area contributed by atoms with E-state index >= 15 is 0 Å². The Labute approximate surface area is 155 Å². The first-order valence-electron chi connectivity index (χ1n) is 9.24. The molecule has 2 aromatic carbocycles. The van der Waals surface area contributed by atoms with E-state index in [-0.39, 0.29) is 11.4 Å². The van der Waals surface area contributed by atoms with Crippen LogP contribution in [0.3, 0.4) is 0 Å². The standard InChI is InChI=1S/C22H26N2O2/c1-5-26-21(25)16-6-8-17(9-7-16)23-24-18-10-11-20-19(14-18)15(2)12-13-22(20,3)4/h6-11,14-15H,5,12-13H2,1-4H3. The average Bonchev–Trinajstić information content (AvgIpc) is 2.64. The first-order valence-corrected chi connectivity index (χ1v) is 9.24. The van der Waals surface area contributed by atoms with Crippen LogP contribution in [0.25, 0.3) is 0 Å². The fourth-order valence-electron chi connectivity index (χ4n) is 3.50. The number of ether oxygens (including phenoxy) is 1. The van der Waals surface area contributed by atoms with Gasteiger partial charge < -0.3 is 4.74 Å². The van der Waals surface area contributed by atoms with Crippen molar-refractivity contribution in [3.63, 3.8) is 0 Å². The van der Waals surface area contributed by atoms with Crippen molar-refractivity contribution >= 4 is 17.3 Å². The van der Waals surface area contributed by atoms with E-state index in [2.05, 4.69) is 43.1 Å². The van der Waals surface area contributed by atoms with Crippen LogP contribution in [0, 0.1) is 0 Å². The van der Waals surface area contributed by atoms with Gasteiger partial charge in [0, 0.05) is 0 Å². The van der Waals surface area contributed by atoms with Crippen LogP contribution in [0.5, 0.6) is 0 Å². The molecule has 26 heavy (non-hydrogen) atoms. The Morgan fingerprint density at radius 1 is 1.12 bits per heavy atom. The monoisotopic (exact) mass is 350 g/mol. The van der Waals surface area contributed by atoms with Gasteiger partial charge in [0.25, 0.3) is 0 Å². The van der Waals surface area contributed by atoms with Crippen LogP contribution >= 0.6 is 0 Å². The third-order valence-corrected chi connectivity index (χ3v) is 5.16. The van der Waals surface area contributed by atoms with Crippen molar-refractivity contribution in [2.45, 2.75) is 51.9 Å². The summed E-state index contributed by atoms with van der Waals surface area (Å²) in [6.45, 7) is 9.06. The zero-order valence-electron chi connectivity index (χ0n) is 16.0. The lowest BCUT2D eigenvalue weighted by molar-refractivity contribution is 0.0526. The van der Waals surface area contributed by atoms with Gasteiger partial charge in [0.15, 0.2) is 0 Å². The highest BCUT2D eigenvalue weighted by Gasteiger charge is 2.30. The van der Waals surface area contributed by atoms with Crippen LogP contribution in [-0.2, 0) is 10.2 Å². The summed E-state index contributed by atoms with van der Waals surface area (Å²) < 4.78 is 4.98. The summed E-state index contributed by atoms with van der Waals surface area (Å²) in [5.74, 6) is 0.235. The van der Waals surface area contributed by atoms with E-state index in [9.17, 15) is 4.79 Å². The lowest BCUT2D eigenvalue weighted by Crippen LogP contribution is -2.25. The van der Waals surface area contributed by atoms with Gasteiger partial charge in [-0.1, -0.05) is 26.8 Å². The quantitative estimate of drug-likeness (QED) is 0.470. The zero-order valence-corrected chi connectivity index (χ0v) is 16.0. The molecule has 4 nitrogen and oxygen atoms in total. The number of esters is 1. The molecule has 1 aliphatic carbocycles. The van der Waals surface area contributed by atoms with Crippen LogP contribution in [0.15, 0.2) is 52.7 Å². The predicted molar refractivity (Wildman–Crippen MR) is 104 cm³/mol. The Hall–Kier alpha value is -2.49. The van der Waals surface area contributed by atoms with Crippen molar-refractivity contribution in [1.29, 1.82) is 0 Å². The summed E-state index contributed by atoms with van der Waals surface area (Å²) in [7, 11) is 0. The maximum absolute atomic E-state index is 11.7. The van der Waals surface area contributed by atoms with E-state index in [1.165, 1.54) is 24.0 Å². The number of azo groups is 1. The number of hydrogen-bond donors (Lipinski definition) is 0. The SMILES string of the molecule is CCOC(=O)c1ccc(N=Nc2ccc3c(c2)C(C)CCC3(C)C)cc1. The van der Waals surface area contributed by atoms with E-state index in [0.29, 0.717) is 23.8 Å². The first-order chi connectivity index (χ1) is 12.4. The van der Waals surface area contributed by atoms with Crippen molar-refractivity contribution in [2.75, 3.05) is 6.61 Å². The van der Waals surface area contributed by atoms with Gasteiger partial charge in [-0.25, -0.2) is 4.79 Å². The molecule has 0 heterocycles. The summed E-state index contributed by atoms with van der Waals surface area (Å²) in [6, 6.07) is 13.4. The number of hydrogen-bond acceptors (Lipinski definition) is 4. The minimum absolute atomic E-state index is 0.223. The van der Waals surface area contributed by atoms with Gasteiger partial charge in [-0.3, -0.25) is 0 Å². The molecule has 1 atom stereocenters. The van der Waals surface area contributed by atoms with Crippen LogP contribution in [0.2, 0.25) is 0 Å². The topological polar surface area (TPSA) is 51.0 Å². The van der Waals surface area contributed by atoms with Gasteiger partial charge in [-0.2, -0.15) is 10.2 Å². The molecule has 1 aliphatic rings. The number of fused-ring (bicyclic) bond motifs is 1. The molecule has 0 amide bonds. The Balaban J connectivity index is 1.79. The zero-order chi connectivity index (χ0) is 18.7. The highest BCUT2D eigenvalue weighted by molar-refractivity contribution is 5.89. The van der Waals surface area contributed by atoms with Crippen LogP contribution in [0.1, 0.15) is 67.9 Å². The third-order valence-electron chi connectivity index (χ3n) is 5.16. The maximum Gasteiger partial charge on any atom is 0.338 e. The molecule has 0 radical (unpaired) electrons. The first kappa shape index (κ1) is 18.3. The molecule has 2 aromatic rings. The Morgan fingerprint density at radius 3 is 2.46 bits per heavy atom. The molecule has 0 aromatic heterocycles. The summed E-state index contributed by atoms with van der Waals surface area (Å²) >= 11 is 0. The molecule has 0 spiro atoms. The predicted octanol–water partition coefficient (Wildman–Crippen LogP) is 6.45. The number of carbonyl (C=O) groups is 1. The molecule has 0 bridgehead atoms. The van der Waals surface area contributed by atoms with Crippen LogP contribution in [-0.4, -0.2) is 12.6 Å². The van der Waals surface area contributed by atoms with E-state index in [4.69, 9.17) is 4.74 Å². The number of nitrogens with zero attached hydrogens (tertiary/aromatic N) is 2. The van der Waals surface area contributed by atoms with Crippen molar-refractivity contribution in [1.82, 2.24) is 0 Å². The molecule has 0 saturated carbocycles. The molecule has 0 fully saturated rings. The van der Waals surface area contributed by atoms with Crippen molar-refractivity contribution < 1.29 is 9.53 Å². The molecular formula is C22H26N2O2. The fourth-order valence-corrected chi connectivity index (χ4v) is 3.50. The molecular weight excluding hydrogens is 324 g/mol. The van der Waals surface area contributed by atoms with Gasteiger partial charge in [0.1, 0.15) is 0 Å². The highest BCUT2D eigenvalue weighted by atomic mass is 16.5. The van der Waals surface area contributed by atoms with Crippen LogP contribution in [0.4, 0.5) is 11.4 Å². The molecule has 1 unspecified atom stereocenters. The highest BCUT2D eigenvalue weighted by Crippen LogP contribution is 2.43. The molecule has 0 N–H and O–H groups in total. The van der Waals surface area contributed by atoms with Crippen molar-refractivity contribution in [2.24, 2.45) is 10.2 Å². The minimum Gasteiger partial charge on any atom is -0.462 e. The van der Waals surface area contributed by atoms with Gasteiger partial charge in [0.05, 0.1) is 23.5 Å². The van der Waals surface area contributed by atoms with Crippen molar-refractivity contribution in [3.8, 4) is 0 Å². The van der Waals surface area contributed by atoms with Crippen molar-refractivity contribution in [3.05, 3.63) is 59.2 Å².